The van der Waals surface area contributed by atoms with Crippen LogP contribution in [0.1, 0.15) is 30.9 Å². The first-order valence-corrected chi connectivity index (χ1v) is 8.57. The van der Waals surface area contributed by atoms with E-state index in [9.17, 15) is 0 Å². The Labute approximate surface area is 163 Å². The molecule has 0 bridgehead atoms. The van der Waals surface area contributed by atoms with Crippen molar-refractivity contribution in [1.82, 2.24) is 15.5 Å². The number of piperidine rings is 1. The molecule has 4 nitrogen and oxygen atoms in total. The Hall–Kier alpha value is -1.08. The van der Waals surface area contributed by atoms with Crippen LogP contribution in [0.3, 0.4) is 0 Å². The number of halogens is 1. The fourth-order valence-corrected chi connectivity index (χ4v) is 2.82. The van der Waals surface area contributed by atoms with E-state index < -0.39 is 0 Å². The molecule has 0 amide bonds. The quantitative estimate of drug-likeness (QED) is 0.307. The Morgan fingerprint density at radius 2 is 1.83 bits per heavy atom. The summed E-state index contributed by atoms with van der Waals surface area (Å²) in [5, 5.41) is 6.48. The molecule has 0 atom stereocenters. The van der Waals surface area contributed by atoms with Crippen LogP contribution in [0.5, 0.6) is 0 Å². The maximum Gasteiger partial charge on any atom is 0.191 e. The second kappa shape index (κ2) is 11.5. The van der Waals surface area contributed by atoms with Crippen LogP contribution in [0.15, 0.2) is 41.9 Å². The molecule has 1 aromatic rings. The molecule has 1 aliphatic heterocycles. The highest BCUT2D eigenvalue weighted by molar-refractivity contribution is 14.0. The van der Waals surface area contributed by atoms with Crippen molar-refractivity contribution in [3.8, 4) is 0 Å². The van der Waals surface area contributed by atoms with Gasteiger partial charge in [0.15, 0.2) is 5.96 Å². The molecule has 2 N–H and O–H groups in total. The molecule has 1 saturated heterocycles. The maximum absolute atomic E-state index is 4.18. The van der Waals surface area contributed by atoms with Gasteiger partial charge in [0.2, 0.25) is 0 Å². The van der Waals surface area contributed by atoms with Gasteiger partial charge in [-0.1, -0.05) is 37.3 Å². The summed E-state index contributed by atoms with van der Waals surface area (Å²) in [7, 11) is 1.78. The number of hydrogen-bond acceptors (Lipinski definition) is 2. The van der Waals surface area contributed by atoms with Crippen LogP contribution in [0.25, 0.3) is 0 Å². The molecule has 5 heteroatoms. The van der Waals surface area contributed by atoms with Crippen molar-refractivity contribution >= 4 is 29.9 Å². The highest BCUT2D eigenvalue weighted by atomic mass is 127. The summed E-state index contributed by atoms with van der Waals surface area (Å²) in [6.45, 7) is 11.1. The lowest BCUT2D eigenvalue weighted by Gasteiger charge is -2.30. The second-order valence-electron chi connectivity index (χ2n) is 6.37. The van der Waals surface area contributed by atoms with E-state index >= 15 is 0 Å². The van der Waals surface area contributed by atoms with Crippen molar-refractivity contribution in [3.63, 3.8) is 0 Å². The van der Waals surface area contributed by atoms with E-state index in [2.05, 4.69) is 58.3 Å². The predicted octanol–water partition coefficient (Wildman–Crippen LogP) is 3.39. The third-order valence-corrected chi connectivity index (χ3v) is 4.40. The smallest absolute Gasteiger partial charge is 0.191 e. The SMILES string of the molecule is C=CCNC(=NC)NCc1ccc(CN2CCC(C)CC2)cc1.I. The molecule has 0 radical (unpaired) electrons. The molecule has 1 aromatic carbocycles. The molecule has 0 unspecified atom stereocenters. The summed E-state index contributed by atoms with van der Waals surface area (Å²) in [5.74, 6) is 1.69. The Morgan fingerprint density at radius 3 is 2.42 bits per heavy atom. The van der Waals surface area contributed by atoms with Gasteiger partial charge in [0.1, 0.15) is 0 Å². The standard InChI is InChI=1S/C19H30N4.HI/c1-4-11-21-19(20-3)22-14-17-5-7-18(8-6-17)15-23-12-9-16(2)10-13-23;/h4-8,16H,1,9-15H2,2-3H3,(H2,20,21,22);1H. The van der Waals surface area contributed by atoms with Gasteiger partial charge in [-0.15, -0.1) is 30.6 Å². The zero-order valence-electron chi connectivity index (χ0n) is 14.9. The van der Waals surface area contributed by atoms with Crippen LogP contribution < -0.4 is 10.6 Å². The molecule has 24 heavy (non-hydrogen) atoms. The van der Waals surface area contributed by atoms with Gasteiger partial charge < -0.3 is 10.6 Å². The Morgan fingerprint density at radius 1 is 1.21 bits per heavy atom. The predicted molar refractivity (Wildman–Crippen MR) is 114 cm³/mol. The van der Waals surface area contributed by atoms with Crippen LogP contribution in [0.4, 0.5) is 0 Å². The molecule has 1 fully saturated rings. The average molecular weight is 442 g/mol. The van der Waals surface area contributed by atoms with Crippen molar-refractivity contribution in [2.45, 2.75) is 32.9 Å². The van der Waals surface area contributed by atoms with Crippen molar-refractivity contribution in [2.24, 2.45) is 10.9 Å². The molecule has 0 saturated carbocycles. The fourth-order valence-electron chi connectivity index (χ4n) is 2.82. The van der Waals surface area contributed by atoms with Crippen molar-refractivity contribution in [1.29, 1.82) is 0 Å². The Bertz CT molecular complexity index is 505. The highest BCUT2D eigenvalue weighted by Crippen LogP contribution is 2.18. The summed E-state index contributed by atoms with van der Waals surface area (Å²) < 4.78 is 0. The summed E-state index contributed by atoms with van der Waals surface area (Å²) in [6.07, 6.45) is 4.49. The van der Waals surface area contributed by atoms with Crippen molar-refractivity contribution in [3.05, 3.63) is 48.0 Å². The van der Waals surface area contributed by atoms with E-state index in [0.717, 1.165) is 25.0 Å². The molecular weight excluding hydrogens is 411 g/mol. The summed E-state index contributed by atoms with van der Waals surface area (Å²) in [6, 6.07) is 8.90. The first kappa shape index (κ1) is 21.0. The lowest BCUT2D eigenvalue weighted by atomic mass is 9.99. The molecule has 134 valence electrons. The van der Waals surface area contributed by atoms with Gasteiger partial charge in [-0.3, -0.25) is 9.89 Å². The zero-order chi connectivity index (χ0) is 16.5. The topological polar surface area (TPSA) is 39.7 Å². The van der Waals surface area contributed by atoms with Crippen LogP contribution in [0, 0.1) is 5.92 Å². The summed E-state index contributed by atoms with van der Waals surface area (Å²) >= 11 is 0. The Kier molecular flexibility index (Phi) is 10.0. The molecule has 1 heterocycles. The normalized spacial score (nSPS) is 16.3. The highest BCUT2D eigenvalue weighted by Gasteiger charge is 2.15. The molecule has 0 aliphatic carbocycles. The number of likely N-dealkylation sites (tertiary alicyclic amines) is 1. The van der Waals surface area contributed by atoms with E-state index in [4.69, 9.17) is 0 Å². The molecule has 0 aromatic heterocycles. The first-order valence-electron chi connectivity index (χ1n) is 8.57. The maximum atomic E-state index is 4.18. The largest absolute Gasteiger partial charge is 0.353 e. The third kappa shape index (κ3) is 7.21. The third-order valence-electron chi connectivity index (χ3n) is 4.40. The van der Waals surface area contributed by atoms with Gasteiger partial charge in [0.25, 0.3) is 0 Å². The monoisotopic (exact) mass is 442 g/mol. The van der Waals surface area contributed by atoms with Crippen molar-refractivity contribution < 1.29 is 0 Å². The number of nitrogens with one attached hydrogen (secondary N) is 2. The average Bonchev–Trinajstić information content (AvgIpc) is 2.58. The van der Waals surface area contributed by atoms with Crippen molar-refractivity contribution in [2.75, 3.05) is 26.7 Å². The lowest BCUT2D eigenvalue weighted by molar-refractivity contribution is 0.185. The lowest BCUT2D eigenvalue weighted by Crippen LogP contribution is -2.36. The molecule has 1 aliphatic rings. The zero-order valence-corrected chi connectivity index (χ0v) is 17.3. The minimum Gasteiger partial charge on any atom is -0.353 e. The minimum absolute atomic E-state index is 0. The fraction of sp³-hybridized carbons (Fsp3) is 0.526. The van der Waals surface area contributed by atoms with E-state index in [1.54, 1.807) is 7.05 Å². The first-order chi connectivity index (χ1) is 11.2. The number of aliphatic imine (C=N–C) groups is 1. The Balaban J connectivity index is 0.00000288. The van der Waals surface area contributed by atoms with Gasteiger partial charge in [-0.2, -0.15) is 0 Å². The summed E-state index contributed by atoms with van der Waals surface area (Å²) in [5.41, 5.74) is 2.67. The second-order valence-corrected chi connectivity index (χ2v) is 6.37. The number of nitrogens with zero attached hydrogens (tertiary/aromatic N) is 2. The van der Waals surface area contributed by atoms with Gasteiger partial charge in [-0.25, -0.2) is 0 Å². The number of benzene rings is 1. The number of hydrogen-bond donors (Lipinski definition) is 2. The van der Waals surface area contributed by atoms with Gasteiger partial charge in [0.05, 0.1) is 0 Å². The van der Waals surface area contributed by atoms with Gasteiger partial charge >= 0.3 is 0 Å². The van der Waals surface area contributed by atoms with E-state index in [1.165, 1.54) is 37.1 Å². The number of guanidine groups is 1. The molecular formula is C19H31IN4. The van der Waals surface area contributed by atoms with Gasteiger partial charge in [-0.05, 0) is 43.0 Å². The van der Waals surface area contributed by atoms with E-state index in [1.807, 2.05) is 6.08 Å². The minimum atomic E-state index is 0. The van der Waals surface area contributed by atoms with Crippen LogP contribution in [-0.2, 0) is 13.1 Å². The van der Waals surface area contributed by atoms with E-state index in [0.29, 0.717) is 6.54 Å². The van der Waals surface area contributed by atoms with Crippen LogP contribution >= 0.6 is 24.0 Å². The molecule has 2 rings (SSSR count). The van der Waals surface area contributed by atoms with Gasteiger partial charge in [0, 0.05) is 26.7 Å². The number of rotatable bonds is 6. The molecule has 0 spiro atoms. The summed E-state index contributed by atoms with van der Waals surface area (Å²) in [4.78, 5) is 6.75. The van der Waals surface area contributed by atoms with Crippen LogP contribution in [-0.4, -0.2) is 37.5 Å². The van der Waals surface area contributed by atoms with Crippen LogP contribution in [0.2, 0.25) is 0 Å². The van der Waals surface area contributed by atoms with E-state index in [-0.39, 0.29) is 24.0 Å².